The minimum atomic E-state index is -2.11. The van der Waals surface area contributed by atoms with Gasteiger partial charge in [0, 0.05) is 19.1 Å². The number of carbonyl (C=O) groups is 2. The van der Waals surface area contributed by atoms with E-state index in [9.17, 15) is 30.0 Å². The van der Waals surface area contributed by atoms with Gasteiger partial charge in [-0.1, -0.05) is 36.4 Å². The Kier molecular flexibility index (Phi) is 9.26. The van der Waals surface area contributed by atoms with E-state index in [0.29, 0.717) is 18.4 Å². The van der Waals surface area contributed by atoms with Crippen LogP contribution in [0.1, 0.15) is 36.5 Å². The summed E-state index contributed by atoms with van der Waals surface area (Å²) in [6.07, 6.45) is 0.867. The average Bonchev–Trinajstić information content (AvgIpc) is 2.92. The van der Waals surface area contributed by atoms with Crippen molar-refractivity contribution in [1.82, 2.24) is 0 Å². The Bertz CT molecular complexity index is 1290. The van der Waals surface area contributed by atoms with Crippen LogP contribution >= 0.6 is 0 Å². The third-order valence-electron chi connectivity index (χ3n) is 6.91. The van der Waals surface area contributed by atoms with Crippen LogP contribution in [-0.2, 0) is 36.6 Å². The number of fused-ring (bicyclic) bond motifs is 2. The molecule has 2 heterocycles. The molecule has 2 aromatic rings. The van der Waals surface area contributed by atoms with E-state index in [4.69, 9.17) is 18.9 Å². The number of methoxy groups -OCH3 is 1. The highest BCUT2D eigenvalue weighted by molar-refractivity contribution is 5.94. The molecule has 0 aliphatic carbocycles. The molecule has 2 aromatic carbocycles. The van der Waals surface area contributed by atoms with Crippen molar-refractivity contribution in [3.63, 3.8) is 0 Å². The number of hydrogen-bond donors (Lipinski definition) is 4. The Morgan fingerprint density at radius 1 is 1.12 bits per heavy atom. The van der Waals surface area contributed by atoms with Gasteiger partial charge < -0.3 is 39.4 Å². The normalized spacial score (nSPS) is 25.8. The fraction of sp³-hybridized carbons (Fsp3) is 0.400. The summed E-state index contributed by atoms with van der Waals surface area (Å²) in [5.41, 5.74) is 2.64. The van der Waals surface area contributed by atoms with Crippen molar-refractivity contribution in [3.05, 3.63) is 76.9 Å². The van der Waals surface area contributed by atoms with Gasteiger partial charge >= 0.3 is 11.9 Å². The summed E-state index contributed by atoms with van der Waals surface area (Å²) in [5.74, 6) is -3.49. The zero-order chi connectivity index (χ0) is 28.9. The van der Waals surface area contributed by atoms with Crippen molar-refractivity contribution in [2.24, 2.45) is 0 Å². The van der Waals surface area contributed by atoms with Gasteiger partial charge in [0.15, 0.2) is 23.7 Å². The maximum absolute atomic E-state index is 13.7. The van der Waals surface area contributed by atoms with Crippen molar-refractivity contribution in [2.75, 3.05) is 13.7 Å². The lowest BCUT2D eigenvalue weighted by molar-refractivity contribution is -0.329. The fourth-order valence-electron chi connectivity index (χ4n) is 4.93. The zero-order valence-corrected chi connectivity index (χ0v) is 22.4. The molecule has 0 saturated carbocycles. The number of aromatic hydroxyl groups is 1. The number of aliphatic hydroxyl groups is 3. The fourth-order valence-corrected chi connectivity index (χ4v) is 4.93. The molecular formula is C30H34O10. The second-order valence-electron chi connectivity index (χ2n) is 9.83. The smallest absolute Gasteiger partial charge is 0.334 e. The third kappa shape index (κ3) is 6.71. The van der Waals surface area contributed by atoms with Gasteiger partial charge in [0.2, 0.25) is 5.79 Å². The Balaban J connectivity index is 1.65. The van der Waals surface area contributed by atoms with E-state index >= 15 is 0 Å². The summed E-state index contributed by atoms with van der Waals surface area (Å²) in [5, 5.41) is 41.3. The summed E-state index contributed by atoms with van der Waals surface area (Å²) in [6.45, 7) is 1.17. The van der Waals surface area contributed by atoms with E-state index in [-0.39, 0.29) is 36.5 Å². The number of aliphatic hydroxyl groups excluding tert-OH is 2. The Morgan fingerprint density at radius 2 is 1.88 bits per heavy atom. The van der Waals surface area contributed by atoms with Gasteiger partial charge in [0.25, 0.3) is 0 Å². The Labute approximate surface area is 232 Å². The molecule has 0 aromatic heterocycles. The summed E-state index contributed by atoms with van der Waals surface area (Å²) < 4.78 is 21.9. The summed E-state index contributed by atoms with van der Waals surface area (Å²) >= 11 is 0. The first-order chi connectivity index (χ1) is 19.1. The van der Waals surface area contributed by atoms with Crippen LogP contribution in [0.2, 0.25) is 0 Å². The number of benzene rings is 2. The minimum absolute atomic E-state index is 0.0145. The number of hydrogen-bond acceptors (Lipinski definition) is 10. The molecule has 2 aliphatic heterocycles. The van der Waals surface area contributed by atoms with Gasteiger partial charge in [-0.3, -0.25) is 4.79 Å². The molecule has 1 saturated heterocycles. The van der Waals surface area contributed by atoms with E-state index in [1.165, 1.54) is 19.3 Å². The predicted molar refractivity (Wildman–Crippen MR) is 143 cm³/mol. The van der Waals surface area contributed by atoms with Crippen molar-refractivity contribution >= 4 is 18.0 Å². The molecule has 5 atom stereocenters. The van der Waals surface area contributed by atoms with Crippen LogP contribution in [0.25, 0.3) is 6.08 Å². The van der Waals surface area contributed by atoms with Gasteiger partial charge in [0.05, 0.1) is 13.2 Å². The van der Waals surface area contributed by atoms with E-state index in [0.717, 1.165) is 18.1 Å². The molecule has 40 heavy (non-hydrogen) atoms. The van der Waals surface area contributed by atoms with E-state index < -0.39 is 42.1 Å². The summed E-state index contributed by atoms with van der Waals surface area (Å²) in [6, 6.07) is 12.2. The number of phenols is 1. The lowest BCUT2D eigenvalue weighted by atomic mass is 9.87. The lowest BCUT2D eigenvalue weighted by Crippen LogP contribution is -2.66. The highest BCUT2D eigenvalue weighted by Crippen LogP contribution is 2.38. The van der Waals surface area contributed by atoms with Gasteiger partial charge in [-0.25, -0.2) is 4.79 Å². The molecule has 4 rings (SSSR count). The molecule has 10 nitrogen and oxygen atoms in total. The maximum atomic E-state index is 13.7. The maximum Gasteiger partial charge on any atom is 0.334 e. The summed E-state index contributed by atoms with van der Waals surface area (Å²) in [7, 11) is 1.41. The number of phenolic OH excluding ortho intramolecular Hbond substituents is 1. The molecule has 214 valence electrons. The highest BCUT2D eigenvalue weighted by atomic mass is 16.7. The number of aryl methyl sites for hydroxylation is 1. The van der Waals surface area contributed by atoms with Gasteiger partial charge in [-0.15, -0.1) is 0 Å². The second kappa shape index (κ2) is 12.6. The standard InChI is InChI=1S/C30H34O10/c1-18(32)38-27-26(34)24-7-4-13-30(36,40-24)28(27)39-29(35)22(16-21-9-11-23(33)25(17-21)37-2)10-8-19-5-3-6-20(15-19)12-14-31/h3-6,9,11,13,15-17,24,26-28,31,33-34,36H,7-8,10,12,14H2,1-2H3/b22-16+/t24-,26-,27+,28+,30+/m0/s1. The number of rotatable bonds is 10. The Morgan fingerprint density at radius 3 is 2.58 bits per heavy atom. The second-order valence-corrected chi connectivity index (χ2v) is 9.83. The molecule has 2 aliphatic rings. The number of carbonyl (C=O) groups excluding carboxylic acids is 2. The molecule has 2 bridgehead atoms. The van der Waals surface area contributed by atoms with Crippen LogP contribution in [-0.4, -0.2) is 76.3 Å². The Hall–Kier alpha value is -3.70. The lowest BCUT2D eigenvalue weighted by Gasteiger charge is -2.48. The van der Waals surface area contributed by atoms with Crippen LogP contribution < -0.4 is 4.74 Å². The molecule has 0 radical (unpaired) electrons. The van der Waals surface area contributed by atoms with E-state index in [1.807, 2.05) is 24.3 Å². The molecule has 0 amide bonds. The van der Waals surface area contributed by atoms with Crippen molar-refractivity contribution in [1.29, 1.82) is 0 Å². The van der Waals surface area contributed by atoms with E-state index in [2.05, 4.69) is 0 Å². The van der Waals surface area contributed by atoms with Crippen LogP contribution in [0.15, 0.2) is 60.2 Å². The number of ether oxygens (including phenoxy) is 4. The largest absolute Gasteiger partial charge is 0.504 e. The van der Waals surface area contributed by atoms with Gasteiger partial charge in [0.1, 0.15) is 6.10 Å². The molecular weight excluding hydrogens is 520 g/mol. The molecule has 4 N–H and O–H groups in total. The van der Waals surface area contributed by atoms with Crippen LogP contribution in [0, 0.1) is 0 Å². The first-order valence-electron chi connectivity index (χ1n) is 13.0. The molecule has 0 unspecified atom stereocenters. The quantitative estimate of drug-likeness (QED) is 0.195. The monoisotopic (exact) mass is 554 g/mol. The van der Waals surface area contributed by atoms with Crippen molar-refractivity contribution in [3.8, 4) is 11.5 Å². The number of esters is 2. The third-order valence-corrected chi connectivity index (χ3v) is 6.91. The average molecular weight is 555 g/mol. The zero-order valence-electron chi connectivity index (χ0n) is 22.4. The summed E-state index contributed by atoms with van der Waals surface area (Å²) in [4.78, 5) is 25.5. The topological polar surface area (TPSA) is 152 Å². The first kappa shape index (κ1) is 29.3. The van der Waals surface area contributed by atoms with Crippen LogP contribution in [0.5, 0.6) is 11.5 Å². The van der Waals surface area contributed by atoms with Crippen molar-refractivity contribution in [2.45, 2.75) is 62.8 Å². The van der Waals surface area contributed by atoms with E-state index in [1.54, 1.807) is 24.3 Å². The van der Waals surface area contributed by atoms with Crippen LogP contribution in [0.3, 0.4) is 0 Å². The van der Waals surface area contributed by atoms with Crippen LogP contribution in [0.4, 0.5) is 0 Å². The van der Waals surface area contributed by atoms with Gasteiger partial charge in [-0.2, -0.15) is 0 Å². The van der Waals surface area contributed by atoms with Gasteiger partial charge in [-0.05, 0) is 66.7 Å². The van der Waals surface area contributed by atoms with Crippen molar-refractivity contribution < 1.29 is 49.0 Å². The highest BCUT2D eigenvalue weighted by Gasteiger charge is 2.57. The molecule has 1 fully saturated rings. The SMILES string of the molecule is COc1cc(/C=C(\CCc2cccc(CCO)c2)C(=O)O[C@@H]2[C@H](OC(C)=O)[C@@H](O)[C@@H]3CC=C[C@@]2(O)O3)ccc1O. The molecule has 10 heteroatoms. The predicted octanol–water partition coefficient (Wildman–Crippen LogP) is 2.20. The molecule has 0 spiro atoms. The minimum Gasteiger partial charge on any atom is -0.504 e. The first-order valence-corrected chi connectivity index (χ1v) is 13.0.